The Hall–Kier alpha value is -1.31. The molecule has 0 spiro atoms. The molecule has 1 heterocycles. The van der Waals surface area contributed by atoms with Crippen molar-refractivity contribution < 1.29 is 9.53 Å². The van der Waals surface area contributed by atoms with Gasteiger partial charge in [-0.2, -0.15) is 0 Å². The lowest BCUT2D eigenvalue weighted by atomic mass is 9.80. The molecular formula is C14H18O2. The molecule has 86 valence electrons. The summed E-state index contributed by atoms with van der Waals surface area (Å²) < 4.78 is 5.25. The third kappa shape index (κ3) is 2.43. The SMILES string of the molecule is CC1(Cc2ccccc2)CCCCOC1=O. The molecule has 0 N–H and O–H groups in total. The second-order valence-electron chi connectivity index (χ2n) is 4.82. The van der Waals surface area contributed by atoms with Crippen molar-refractivity contribution in [2.75, 3.05) is 6.61 Å². The van der Waals surface area contributed by atoms with Crippen LogP contribution in [-0.2, 0) is 16.0 Å². The zero-order valence-electron chi connectivity index (χ0n) is 9.74. The number of carbonyl (C=O) groups excluding carboxylic acids is 1. The number of esters is 1. The maximum absolute atomic E-state index is 11.9. The molecule has 0 radical (unpaired) electrons. The number of ether oxygens (including phenoxy) is 1. The summed E-state index contributed by atoms with van der Waals surface area (Å²) in [5.41, 5.74) is 0.876. The molecule has 0 saturated carbocycles. The number of hydrogen-bond acceptors (Lipinski definition) is 2. The quantitative estimate of drug-likeness (QED) is 0.713. The highest BCUT2D eigenvalue weighted by Crippen LogP contribution is 2.32. The molecule has 2 rings (SSSR count). The van der Waals surface area contributed by atoms with Gasteiger partial charge in [-0.05, 0) is 38.2 Å². The van der Waals surface area contributed by atoms with E-state index in [-0.39, 0.29) is 11.4 Å². The molecule has 1 aromatic rings. The minimum atomic E-state index is -0.335. The van der Waals surface area contributed by atoms with Gasteiger partial charge >= 0.3 is 5.97 Å². The molecule has 1 aliphatic rings. The summed E-state index contributed by atoms with van der Waals surface area (Å²) in [6.45, 7) is 2.61. The first-order valence-electron chi connectivity index (χ1n) is 5.92. The van der Waals surface area contributed by atoms with E-state index in [1.54, 1.807) is 0 Å². The lowest BCUT2D eigenvalue weighted by Gasteiger charge is -2.24. The van der Waals surface area contributed by atoms with Gasteiger partial charge in [0.05, 0.1) is 12.0 Å². The van der Waals surface area contributed by atoms with Crippen LogP contribution in [0.1, 0.15) is 31.7 Å². The summed E-state index contributed by atoms with van der Waals surface area (Å²) in [6.07, 6.45) is 3.79. The second-order valence-corrected chi connectivity index (χ2v) is 4.82. The summed E-state index contributed by atoms with van der Waals surface area (Å²) in [5, 5.41) is 0. The van der Waals surface area contributed by atoms with E-state index in [1.807, 2.05) is 25.1 Å². The van der Waals surface area contributed by atoms with Gasteiger partial charge in [0.1, 0.15) is 0 Å². The minimum Gasteiger partial charge on any atom is -0.465 e. The fourth-order valence-electron chi connectivity index (χ4n) is 2.27. The third-order valence-corrected chi connectivity index (χ3v) is 3.29. The van der Waals surface area contributed by atoms with E-state index < -0.39 is 0 Å². The highest BCUT2D eigenvalue weighted by Gasteiger charge is 2.35. The van der Waals surface area contributed by atoms with Crippen LogP contribution in [0.15, 0.2) is 30.3 Å². The van der Waals surface area contributed by atoms with Crippen molar-refractivity contribution in [1.82, 2.24) is 0 Å². The van der Waals surface area contributed by atoms with E-state index in [4.69, 9.17) is 4.74 Å². The number of carbonyl (C=O) groups is 1. The molecule has 1 atom stereocenters. The highest BCUT2D eigenvalue weighted by atomic mass is 16.5. The zero-order chi connectivity index (χ0) is 11.4. The number of rotatable bonds is 2. The average molecular weight is 218 g/mol. The van der Waals surface area contributed by atoms with Gasteiger partial charge in [0.25, 0.3) is 0 Å². The Bertz CT molecular complexity index is 358. The van der Waals surface area contributed by atoms with Crippen molar-refractivity contribution in [2.45, 2.75) is 32.6 Å². The van der Waals surface area contributed by atoms with Crippen molar-refractivity contribution >= 4 is 5.97 Å². The van der Waals surface area contributed by atoms with Crippen LogP contribution >= 0.6 is 0 Å². The van der Waals surface area contributed by atoms with Crippen molar-refractivity contribution in [3.63, 3.8) is 0 Å². The minimum absolute atomic E-state index is 0.0335. The third-order valence-electron chi connectivity index (χ3n) is 3.29. The van der Waals surface area contributed by atoms with Gasteiger partial charge in [-0.1, -0.05) is 30.3 Å². The van der Waals surface area contributed by atoms with Crippen LogP contribution in [0.25, 0.3) is 0 Å². The number of hydrogen-bond donors (Lipinski definition) is 0. The van der Waals surface area contributed by atoms with Gasteiger partial charge in [-0.25, -0.2) is 0 Å². The molecular weight excluding hydrogens is 200 g/mol. The predicted octanol–water partition coefficient (Wildman–Crippen LogP) is 2.96. The van der Waals surface area contributed by atoms with Crippen LogP contribution in [0.4, 0.5) is 0 Å². The Labute approximate surface area is 96.6 Å². The molecule has 0 amide bonds. The Morgan fingerprint density at radius 1 is 1.25 bits per heavy atom. The van der Waals surface area contributed by atoms with E-state index in [1.165, 1.54) is 5.56 Å². The first kappa shape index (κ1) is 11.2. The van der Waals surface area contributed by atoms with Crippen LogP contribution in [-0.4, -0.2) is 12.6 Å². The molecule has 1 unspecified atom stereocenters. The standard InChI is InChI=1S/C14H18O2/c1-14(9-5-6-10-16-13(14)15)11-12-7-3-2-4-8-12/h2-4,7-8H,5-6,9-11H2,1H3. The summed E-state index contributed by atoms with van der Waals surface area (Å²) in [6, 6.07) is 10.2. The van der Waals surface area contributed by atoms with Gasteiger partial charge < -0.3 is 4.74 Å². The first-order valence-corrected chi connectivity index (χ1v) is 5.92. The van der Waals surface area contributed by atoms with E-state index >= 15 is 0 Å². The fraction of sp³-hybridized carbons (Fsp3) is 0.500. The summed E-state index contributed by atoms with van der Waals surface area (Å²) in [7, 11) is 0. The predicted molar refractivity (Wildman–Crippen MR) is 63.1 cm³/mol. The Morgan fingerprint density at radius 2 is 2.00 bits per heavy atom. The van der Waals surface area contributed by atoms with Crippen LogP contribution in [0.2, 0.25) is 0 Å². The highest BCUT2D eigenvalue weighted by molar-refractivity contribution is 5.77. The van der Waals surface area contributed by atoms with Gasteiger partial charge in [0.15, 0.2) is 0 Å². The van der Waals surface area contributed by atoms with Gasteiger partial charge in [-0.3, -0.25) is 4.79 Å². The first-order chi connectivity index (χ1) is 7.71. The van der Waals surface area contributed by atoms with E-state index in [2.05, 4.69) is 12.1 Å². The molecule has 1 saturated heterocycles. The largest absolute Gasteiger partial charge is 0.465 e. The molecule has 2 nitrogen and oxygen atoms in total. The van der Waals surface area contributed by atoms with E-state index in [9.17, 15) is 4.79 Å². The average Bonchev–Trinajstić information content (AvgIpc) is 2.44. The monoisotopic (exact) mass is 218 g/mol. The summed E-state index contributed by atoms with van der Waals surface area (Å²) in [5.74, 6) is -0.0335. The Kier molecular flexibility index (Phi) is 3.28. The van der Waals surface area contributed by atoms with E-state index in [0.717, 1.165) is 25.7 Å². The fourth-order valence-corrected chi connectivity index (χ4v) is 2.27. The summed E-state index contributed by atoms with van der Waals surface area (Å²) >= 11 is 0. The lowest BCUT2D eigenvalue weighted by Crippen LogP contribution is -2.30. The van der Waals surface area contributed by atoms with Crippen molar-refractivity contribution in [1.29, 1.82) is 0 Å². The van der Waals surface area contributed by atoms with Gasteiger partial charge in [0.2, 0.25) is 0 Å². The normalized spacial score (nSPS) is 25.9. The van der Waals surface area contributed by atoms with Crippen molar-refractivity contribution in [3.05, 3.63) is 35.9 Å². The molecule has 0 aromatic heterocycles. The lowest BCUT2D eigenvalue weighted by molar-refractivity contribution is -0.153. The van der Waals surface area contributed by atoms with Crippen LogP contribution in [0, 0.1) is 5.41 Å². The second kappa shape index (κ2) is 4.69. The molecule has 1 aliphatic heterocycles. The van der Waals surface area contributed by atoms with Gasteiger partial charge in [0, 0.05) is 0 Å². The molecule has 0 aliphatic carbocycles. The van der Waals surface area contributed by atoms with Crippen LogP contribution in [0.3, 0.4) is 0 Å². The Balaban J connectivity index is 2.14. The van der Waals surface area contributed by atoms with Crippen molar-refractivity contribution in [2.24, 2.45) is 5.41 Å². The maximum Gasteiger partial charge on any atom is 0.312 e. The van der Waals surface area contributed by atoms with Gasteiger partial charge in [-0.15, -0.1) is 0 Å². The smallest absolute Gasteiger partial charge is 0.312 e. The molecule has 2 heteroatoms. The number of cyclic esters (lactones) is 1. The molecule has 1 aromatic carbocycles. The van der Waals surface area contributed by atoms with E-state index in [0.29, 0.717) is 6.61 Å². The van der Waals surface area contributed by atoms with Crippen molar-refractivity contribution in [3.8, 4) is 0 Å². The zero-order valence-corrected chi connectivity index (χ0v) is 9.74. The van der Waals surface area contributed by atoms with Crippen LogP contribution < -0.4 is 0 Å². The topological polar surface area (TPSA) is 26.3 Å². The maximum atomic E-state index is 11.9. The van der Waals surface area contributed by atoms with Crippen LogP contribution in [0.5, 0.6) is 0 Å². The summed E-state index contributed by atoms with van der Waals surface area (Å²) in [4.78, 5) is 11.9. The molecule has 0 bridgehead atoms. The number of benzene rings is 1. The molecule has 16 heavy (non-hydrogen) atoms. The molecule has 1 fully saturated rings. The Morgan fingerprint density at radius 3 is 2.75 bits per heavy atom.